The second kappa shape index (κ2) is 8.99. The van der Waals surface area contributed by atoms with Crippen LogP contribution in [0.1, 0.15) is 46.9 Å². The van der Waals surface area contributed by atoms with Gasteiger partial charge in [0.25, 0.3) is 5.91 Å². The molecular formula is C23H28N2O4. The van der Waals surface area contributed by atoms with Gasteiger partial charge in [-0.15, -0.1) is 0 Å². The quantitative estimate of drug-likeness (QED) is 0.785. The number of nitrogens with one attached hydrogen (secondary N) is 2. The molecule has 2 aromatic carbocycles. The first kappa shape index (κ1) is 20.7. The molecule has 1 atom stereocenters. The fourth-order valence-corrected chi connectivity index (χ4v) is 3.26. The van der Waals surface area contributed by atoms with E-state index in [0.717, 1.165) is 22.4 Å². The average Bonchev–Trinajstić information content (AvgIpc) is 2.71. The van der Waals surface area contributed by atoms with Gasteiger partial charge in [-0.1, -0.05) is 26.0 Å². The summed E-state index contributed by atoms with van der Waals surface area (Å²) in [5.41, 5.74) is 3.66. The summed E-state index contributed by atoms with van der Waals surface area (Å²) >= 11 is 0. The third-order valence-electron chi connectivity index (χ3n) is 5.09. The van der Waals surface area contributed by atoms with Crippen molar-refractivity contribution in [2.75, 3.05) is 19.8 Å². The highest BCUT2D eigenvalue weighted by atomic mass is 16.6. The van der Waals surface area contributed by atoms with Gasteiger partial charge in [0.2, 0.25) is 5.91 Å². The number of hydrogen-bond acceptors (Lipinski definition) is 4. The topological polar surface area (TPSA) is 76.7 Å². The summed E-state index contributed by atoms with van der Waals surface area (Å²) in [5, 5.41) is 5.71. The Balaban J connectivity index is 1.62. The highest BCUT2D eigenvalue weighted by Gasteiger charge is 2.21. The van der Waals surface area contributed by atoms with Gasteiger partial charge in [-0.2, -0.15) is 0 Å². The normalized spacial score (nSPS) is 13.7. The Hall–Kier alpha value is -3.02. The van der Waals surface area contributed by atoms with Crippen molar-refractivity contribution in [3.63, 3.8) is 0 Å². The molecule has 0 fully saturated rings. The molecule has 1 heterocycles. The van der Waals surface area contributed by atoms with Gasteiger partial charge < -0.3 is 20.1 Å². The first-order valence-corrected chi connectivity index (χ1v) is 9.89. The van der Waals surface area contributed by atoms with Crippen LogP contribution in [0.15, 0.2) is 36.4 Å². The maximum atomic E-state index is 12.5. The van der Waals surface area contributed by atoms with Crippen LogP contribution in [0.5, 0.6) is 11.5 Å². The SMILES string of the molecule is Cc1ccc(C(=O)NCC(=O)NC(c2ccc3c(c2)OCCO3)C(C)C)cc1C. The zero-order chi connectivity index (χ0) is 21.0. The summed E-state index contributed by atoms with van der Waals surface area (Å²) in [7, 11) is 0. The summed E-state index contributed by atoms with van der Waals surface area (Å²) in [4.78, 5) is 24.8. The van der Waals surface area contributed by atoms with Crippen molar-refractivity contribution in [3.8, 4) is 11.5 Å². The second-order valence-electron chi connectivity index (χ2n) is 7.67. The first-order valence-electron chi connectivity index (χ1n) is 9.89. The molecule has 6 heteroatoms. The molecule has 0 aliphatic carbocycles. The largest absolute Gasteiger partial charge is 0.486 e. The molecule has 1 aliphatic heterocycles. The predicted molar refractivity (Wildman–Crippen MR) is 111 cm³/mol. The van der Waals surface area contributed by atoms with E-state index in [-0.39, 0.29) is 30.3 Å². The number of ether oxygens (including phenoxy) is 2. The number of rotatable bonds is 6. The van der Waals surface area contributed by atoms with E-state index in [9.17, 15) is 9.59 Å². The molecule has 3 rings (SSSR count). The molecule has 29 heavy (non-hydrogen) atoms. The van der Waals surface area contributed by atoms with Crippen LogP contribution in [0.3, 0.4) is 0 Å². The van der Waals surface area contributed by atoms with Crippen LogP contribution in [0.25, 0.3) is 0 Å². The van der Waals surface area contributed by atoms with E-state index in [1.165, 1.54) is 0 Å². The van der Waals surface area contributed by atoms with E-state index in [1.807, 2.05) is 58.0 Å². The molecule has 0 radical (unpaired) electrons. The van der Waals surface area contributed by atoms with Crippen LogP contribution >= 0.6 is 0 Å². The van der Waals surface area contributed by atoms with Gasteiger partial charge >= 0.3 is 0 Å². The Morgan fingerprint density at radius 3 is 2.38 bits per heavy atom. The van der Waals surface area contributed by atoms with E-state index in [2.05, 4.69) is 10.6 Å². The Morgan fingerprint density at radius 1 is 0.966 bits per heavy atom. The maximum absolute atomic E-state index is 12.5. The van der Waals surface area contributed by atoms with Crippen LogP contribution in [0.2, 0.25) is 0 Å². The number of fused-ring (bicyclic) bond motifs is 1. The third-order valence-corrected chi connectivity index (χ3v) is 5.09. The van der Waals surface area contributed by atoms with Crippen molar-refractivity contribution in [2.45, 2.75) is 33.7 Å². The fourth-order valence-electron chi connectivity index (χ4n) is 3.26. The molecule has 2 amide bonds. The molecule has 2 aromatic rings. The molecule has 154 valence electrons. The van der Waals surface area contributed by atoms with Gasteiger partial charge in [0, 0.05) is 5.56 Å². The van der Waals surface area contributed by atoms with Crippen molar-refractivity contribution in [2.24, 2.45) is 5.92 Å². The monoisotopic (exact) mass is 396 g/mol. The minimum absolute atomic E-state index is 0.0838. The van der Waals surface area contributed by atoms with E-state index >= 15 is 0 Å². The van der Waals surface area contributed by atoms with Gasteiger partial charge in [-0.3, -0.25) is 9.59 Å². The molecule has 1 unspecified atom stereocenters. The highest BCUT2D eigenvalue weighted by Crippen LogP contribution is 2.34. The summed E-state index contributed by atoms with van der Waals surface area (Å²) in [6.07, 6.45) is 0. The Labute approximate surface area is 171 Å². The van der Waals surface area contributed by atoms with Crippen molar-refractivity contribution in [1.29, 1.82) is 0 Å². The van der Waals surface area contributed by atoms with Crippen LogP contribution in [-0.4, -0.2) is 31.6 Å². The van der Waals surface area contributed by atoms with Gasteiger partial charge in [-0.05, 0) is 60.7 Å². The predicted octanol–water partition coefficient (Wildman–Crippen LogP) is 3.32. The first-order chi connectivity index (χ1) is 13.8. The number of hydrogen-bond donors (Lipinski definition) is 2. The molecule has 6 nitrogen and oxygen atoms in total. The number of carbonyl (C=O) groups is 2. The van der Waals surface area contributed by atoms with Crippen molar-refractivity contribution in [1.82, 2.24) is 10.6 Å². The average molecular weight is 396 g/mol. The van der Waals surface area contributed by atoms with Crippen LogP contribution in [0.4, 0.5) is 0 Å². The third kappa shape index (κ3) is 5.08. The summed E-state index contributed by atoms with van der Waals surface area (Å²) < 4.78 is 11.2. The molecule has 2 N–H and O–H groups in total. The Bertz CT molecular complexity index is 908. The van der Waals surface area contributed by atoms with E-state index in [0.29, 0.717) is 24.5 Å². The Kier molecular flexibility index (Phi) is 6.42. The van der Waals surface area contributed by atoms with Crippen LogP contribution < -0.4 is 20.1 Å². The molecular weight excluding hydrogens is 368 g/mol. The van der Waals surface area contributed by atoms with Crippen molar-refractivity contribution < 1.29 is 19.1 Å². The molecule has 0 saturated heterocycles. The molecule has 0 saturated carbocycles. The van der Waals surface area contributed by atoms with Crippen molar-refractivity contribution >= 4 is 11.8 Å². The smallest absolute Gasteiger partial charge is 0.251 e. The highest BCUT2D eigenvalue weighted by molar-refractivity contribution is 5.96. The lowest BCUT2D eigenvalue weighted by molar-refractivity contribution is -0.121. The van der Waals surface area contributed by atoms with E-state index in [1.54, 1.807) is 6.07 Å². The van der Waals surface area contributed by atoms with E-state index < -0.39 is 0 Å². The van der Waals surface area contributed by atoms with Crippen LogP contribution in [0, 0.1) is 19.8 Å². The Morgan fingerprint density at radius 2 is 1.69 bits per heavy atom. The van der Waals surface area contributed by atoms with E-state index in [4.69, 9.17) is 9.47 Å². The minimum atomic E-state index is -0.260. The number of aryl methyl sites for hydroxylation is 2. The van der Waals surface area contributed by atoms with Gasteiger partial charge in [0.05, 0.1) is 12.6 Å². The summed E-state index contributed by atoms with van der Waals surface area (Å²) in [5.74, 6) is 1.07. The maximum Gasteiger partial charge on any atom is 0.251 e. The van der Waals surface area contributed by atoms with Gasteiger partial charge in [0.15, 0.2) is 11.5 Å². The second-order valence-corrected chi connectivity index (χ2v) is 7.67. The molecule has 1 aliphatic rings. The lowest BCUT2D eigenvalue weighted by Gasteiger charge is -2.25. The molecule has 0 bridgehead atoms. The number of carbonyl (C=O) groups excluding carboxylic acids is 2. The number of amides is 2. The molecule has 0 spiro atoms. The van der Waals surface area contributed by atoms with Gasteiger partial charge in [0.1, 0.15) is 13.2 Å². The lowest BCUT2D eigenvalue weighted by Crippen LogP contribution is -2.40. The van der Waals surface area contributed by atoms with Crippen molar-refractivity contribution in [3.05, 3.63) is 58.7 Å². The standard InChI is InChI=1S/C23H28N2O4/c1-14(2)22(17-7-8-19-20(12-17)29-10-9-28-19)25-21(26)13-24-23(27)18-6-5-15(3)16(4)11-18/h5-8,11-12,14,22H,9-10,13H2,1-4H3,(H,24,27)(H,25,26). The minimum Gasteiger partial charge on any atom is -0.486 e. The molecule has 0 aromatic heterocycles. The fraction of sp³-hybridized carbons (Fsp3) is 0.391. The zero-order valence-corrected chi connectivity index (χ0v) is 17.4. The number of benzene rings is 2. The summed E-state index contributed by atoms with van der Waals surface area (Å²) in [6.45, 7) is 8.99. The summed E-state index contributed by atoms with van der Waals surface area (Å²) in [6, 6.07) is 11.0. The van der Waals surface area contributed by atoms with Gasteiger partial charge in [-0.25, -0.2) is 0 Å². The van der Waals surface area contributed by atoms with Crippen LogP contribution in [-0.2, 0) is 4.79 Å². The zero-order valence-electron chi connectivity index (χ0n) is 17.4. The lowest BCUT2D eigenvalue weighted by atomic mass is 9.95.